The van der Waals surface area contributed by atoms with Gasteiger partial charge in [0, 0.05) is 36.3 Å². The minimum atomic E-state index is -0.476. The van der Waals surface area contributed by atoms with Crippen LogP contribution in [0, 0.1) is 5.82 Å². The zero-order valence-electron chi connectivity index (χ0n) is 17.6. The van der Waals surface area contributed by atoms with E-state index in [4.69, 9.17) is 21.1 Å². The first-order valence-corrected chi connectivity index (χ1v) is 10.8. The second-order valence-electron chi connectivity index (χ2n) is 7.77. The molecule has 32 heavy (non-hydrogen) atoms. The van der Waals surface area contributed by atoms with Crippen LogP contribution in [0.25, 0.3) is 10.9 Å². The quantitative estimate of drug-likeness (QED) is 0.499. The Morgan fingerprint density at radius 2 is 2.00 bits per heavy atom. The first kappa shape index (κ1) is 22.1. The maximum absolute atomic E-state index is 13.4. The van der Waals surface area contributed by atoms with E-state index in [2.05, 4.69) is 20.6 Å². The van der Waals surface area contributed by atoms with E-state index in [0.717, 1.165) is 36.6 Å². The Morgan fingerprint density at radius 1 is 1.19 bits per heavy atom. The number of hydrogen-bond acceptors (Lipinski definition) is 6. The number of carbonyl (C=O) groups excluding carboxylic acids is 1. The van der Waals surface area contributed by atoms with E-state index in [0.29, 0.717) is 17.2 Å². The van der Waals surface area contributed by atoms with E-state index in [1.165, 1.54) is 25.4 Å². The normalized spacial score (nSPS) is 18.2. The molecule has 9 heteroatoms. The molecule has 3 aromatic rings. The average molecular weight is 459 g/mol. The van der Waals surface area contributed by atoms with Gasteiger partial charge in [-0.15, -0.1) is 0 Å². The number of carbonyl (C=O) groups is 1. The summed E-state index contributed by atoms with van der Waals surface area (Å²) in [6.07, 6.45) is 6.63. The van der Waals surface area contributed by atoms with E-state index in [1.54, 1.807) is 12.3 Å². The van der Waals surface area contributed by atoms with Crippen LogP contribution in [-0.2, 0) is 4.79 Å². The molecule has 0 unspecified atom stereocenters. The zero-order valence-corrected chi connectivity index (χ0v) is 18.4. The smallest absolute Gasteiger partial charge is 0.217 e. The molecule has 0 bridgehead atoms. The number of nitrogens with zero attached hydrogens (tertiary/aromatic N) is 2. The molecule has 1 heterocycles. The number of anilines is 1. The van der Waals surface area contributed by atoms with E-state index >= 15 is 0 Å². The molecule has 1 fully saturated rings. The van der Waals surface area contributed by atoms with Gasteiger partial charge in [0.1, 0.15) is 12.1 Å². The van der Waals surface area contributed by atoms with E-state index in [9.17, 15) is 9.18 Å². The average Bonchev–Trinajstić information content (AvgIpc) is 2.77. The Bertz CT molecular complexity index is 1110. The maximum Gasteiger partial charge on any atom is 0.217 e. The summed E-state index contributed by atoms with van der Waals surface area (Å²) in [5.41, 5.74) is 1.37. The van der Waals surface area contributed by atoms with Gasteiger partial charge in [-0.2, -0.15) is 0 Å². The number of aromatic nitrogens is 2. The van der Waals surface area contributed by atoms with Gasteiger partial charge < -0.3 is 20.1 Å². The number of ether oxygens (including phenoxy) is 2. The van der Waals surface area contributed by atoms with E-state index in [-0.39, 0.29) is 29.8 Å². The molecule has 4 rings (SSSR count). The van der Waals surface area contributed by atoms with Gasteiger partial charge in [-0.25, -0.2) is 14.4 Å². The molecule has 0 saturated heterocycles. The molecule has 1 amide bonds. The van der Waals surface area contributed by atoms with Crippen LogP contribution in [-0.4, -0.2) is 34.8 Å². The van der Waals surface area contributed by atoms with Crippen LogP contribution in [0.15, 0.2) is 42.9 Å². The standard InChI is InChI=1S/C23H24ClFN4O3/c1-14(30)29-16-2-5-18(6-3-16)32-23-8-15-11-26-12-27-21(15)10-22(23)31-13-28-17-4-7-20(25)19(24)9-17/h4,7-12,16,18,28H,2-3,5-6,13H2,1H3,(H,29,30)/t16-,18+. The summed E-state index contributed by atoms with van der Waals surface area (Å²) in [7, 11) is 0. The van der Waals surface area contributed by atoms with E-state index < -0.39 is 5.82 Å². The summed E-state index contributed by atoms with van der Waals surface area (Å²) in [4.78, 5) is 19.7. The highest BCUT2D eigenvalue weighted by Gasteiger charge is 2.24. The Hall–Kier alpha value is -3.13. The summed E-state index contributed by atoms with van der Waals surface area (Å²) < 4.78 is 25.6. The van der Waals surface area contributed by atoms with Gasteiger partial charge in [-0.1, -0.05) is 11.6 Å². The molecule has 1 aromatic heterocycles. The van der Waals surface area contributed by atoms with Gasteiger partial charge in [0.2, 0.25) is 5.91 Å². The molecule has 2 aromatic carbocycles. The predicted molar refractivity (Wildman–Crippen MR) is 121 cm³/mol. The van der Waals surface area contributed by atoms with Crippen molar-refractivity contribution in [3.8, 4) is 11.5 Å². The molecule has 0 aliphatic heterocycles. The molecule has 2 N–H and O–H groups in total. The van der Waals surface area contributed by atoms with Crippen LogP contribution in [0.4, 0.5) is 10.1 Å². The lowest BCUT2D eigenvalue weighted by molar-refractivity contribution is -0.120. The minimum Gasteiger partial charge on any atom is -0.487 e. The van der Waals surface area contributed by atoms with Crippen molar-refractivity contribution in [2.24, 2.45) is 0 Å². The van der Waals surface area contributed by atoms with Gasteiger partial charge in [0.25, 0.3) is 0 Å². The third kappa shape index (κ3) is 5.56. The molecule has 0 spiro atoms. The molecule has 7 nitrogen and oxygen atoms in total. The number of hydrogen-bond donors (Lipinski definition) is 2. The Kier molecular flexibility index (Phi) is 6.90. The maximum atomic E-state index is 13.4. The fourth-order valence-corrected chi connectivity index (χ4v) is 3.97. The van der Waals surface area contributed by atoms with Gasteiger partial charge in [0.15, 0.2) is 18.2 Å². The van der Waals surface area contributed by atoms with Crippen LogP contribution in [0.2, 0.25) is 5.02 Å². The van der Waals surface area contributed by atoms with Crippen molar-refractivity contribution in [1.82, 2.24) is 15.3 Å². The zero-order chi connectivity index (χ0) is 22.5. The molecular weight excluding hydrogens is 435 g/mol. The minimum absolute atomic E-state index is 0.00507. The van der Waals surface area contributed by atoms with Gasteiger partial charge in [-0.05, 0) is 49.9 Å². The van der Waals surface area contributed by atoms with Crippen LogP contribution in [0.1, 0.15) is 32.6 Å². The summed E-state index contributed by atoms with van der Waals surface area (Å²) in [5.74, 6) is 0.667. The van der Waals surface area contributed by atoms with Gasteiger partial charge >= 0.3 is 0 Å². The fraction of sp³-hybridized carbons (Fsp3) is 0.348. The first-order valence-electron chi connectivity index (χ1n) is 10.5. The highest BCUT2D eigenvalue weighted by atomic mass is 35.5. The van der Waals surface area contributed by atoms with Crippen LogP contribution < -0.4 is 20.1 Å². The Morgan fingerprint density at radius 3 is 2.75 bits per heavy atom. The monoisotopic (exact) mass is 458 g/mol. The Labute approximate surface area is 190 Å². The van der Waals surface area contributed by atoms with Crippen molar-refractivity contribution < 1.29 is 18.7 Å². The first-order chi connectivity index (χ1) is 15.5. The molecule has 1 saturated carbocycles. The van der Waals surface area contributed by atoms with Crippen LogP contribution >= 0.6 is 11.6 Å². The van der Waals surface area contributed by atoms with Crippen molar-refractivity contribution in [3.63, 3.8) is 0 Å². The molecule has 0 atom stereocenters. The lowest BCUT2D eigenvalue weighted by Gasteiger charge is -2.29. The number of fused-ring (bicyclic) bond motifs is 1. The third-order valence-electron chi connectivity index (χ3n) is 5.37. The predicted octanol–water partition coefficient (Wildman–Crippen LogP) is 4.70. The molecule has 1 aliphatic carbocycles. The van der Waals surface area contributed by atoms with Crippen molar-refractivity contribution in [2.45, 2.75) is 44.8 Å². The van der Waals surface area contributed by atoms with E-state index in [1.807, 2.05) is 12.1 Å². The summed E-state index contributed by atoms with van der Waals surface area (Å²) in [6, 6.07) is 8.26. The van der Waals surface area contributed by atoms with Crippen LogP contribution in [0.5, 0.6) is 11.5 Å². The molecule has 168 valence electrons. The third-order valence-corrected chi connectivity index (χ3v) is 5.66. The molecule has 0 radical (unpaired) electrons. The molecule has 1 aliphatic rings. The topological polar surface area (TPSA) is 85.4 Å². The number of halogens is 2. The van der Waals surface area contributed by atoms with Crippen LogP contribution in [0.3, 0.4) is 0 Å². The highest BCUT2D eigenvalue weighted by Crippen LogP contribution is 2.34. The summed E-state index contributed by atoms with van der Waals surface area (Å²) in [6.45, 7) is 1.67. The Balaban J connectivity index is 1.45. The van der Waals surface area contributed by atoms with Crippen molar-refractivity contribution in [2.75, 3.05) is 12.0 Å². The fourth-order valence-electron chi connectivity index (χ4n) is 3.79. The summed E-state index contributed by atoms with van der Waals surface area (Å²) in [5, 5.41) is 6.92. The lowest BCUT2D eigenvalue weighted by Crippen LogP contribution is -2.38. The number of nitrogens with one attached hydrogen (secondary N) is 2. The second-order valence-corrected chi connectivity index (χ2v) is 8.17. The number of amides is 1. The highest BCUT2D eigenvalue weighted by molar-refractivity contribution is 6.31. The largest absolute Gasteiger partial charge is 0.487 e. The molecular formula is C23H24ClFN4O3. The number of benzene rings is 2. The lowest BCUT2D eigenvalue weighted by atomic mass is 9.93. The SMILES string of the molecule is CC(=O)N[C@H]1CC[C@@H](Oc2cc3cncnc3cc2OCNc2ccc(F)c(Cl)c2)CC1. The number of rotatable bonds is 7. The van der Waals surface area contributed by atoms with Gasteiger partial charge in [0.05, 0.1) is 16.6 Å². The van der Waals surface area contributed by atoms with Crippen molar-refractivity contribution >= 4 is 34.1 Å². The van der Waals surface area contributed by atoms with Crippen molar-refractivity contribution in [1.29, 1.82) is 0 Å². The van der Waals surface area contributed by atoms with Gasteiger partial charge in [-0.3, -0.25) is 4.79 Å². The summed E-state index contributed by atoms with van der Waals surface area (Å²) >= 11 is 5.83. The second kappa shape index (κ2) is 9.99. The van der Waals surface area contributed by atoms with Crippen molar-refractivity contribution in [3.05, 3.63) is 53.7 Å².